The van der Waals surface area contributed by atoms with E-state index >= 15 is 0 Å². The van der Waals surface area contributed by atoms with E-state index in [9.17, 15) is 4.79 Å². The van der Waals surface area contributed by atoms with E-state index in [0.29, 0.717) is 18.2 Å². The highest BCUT2D eigenvalue weighted by atomic mass is 127. The summed E-state index contributed by atoms with van der Waals surface area (Å²) in [5, 5.41) is 9.59. The number of hydrogen-bond donors (Lipinski definition) is 3. The summed E-state index contributed by atoms with van der Waals surface area (Å²) >= 11 is 0. The molecule has 0 saturated heterocycles. The number of nitrogens with one attached hydrogen (secondary N) is 3. The Labute approximate surface area is 174 Å². The van der Waals surface area contributed by atoms with Crippen LogP contribution in [0.25, 0.3) is 0 Å². The molecule has 1 fully saturated rings. The largest absolute Gasteiger partial charge is 0.357 e. The maximum atomic E-state index is 11.7. The molecule has 0 radical (unpaired) electrons. The van der Waals surface area contributed by atoms with Crippen molar-refractivity contribution in [2.45, 2.75) is 52.0 Å². The van der Waals surface area contributed by atoms with Crippen LogP contribution in [0, 0.1) is 5.92 Å². The molecule has 1 amide bonds. The van der Waals surface area contributed by atoms with Crippen molar-refractivity contribution in [3.8, 4) is 0 Å². The van der Waals surface area contributed by atoms with Crippen LogP contribution in [0.3, 0.4) is 0 Å². The third-order valence-electron chi connectivity index (χ3n) is 4.71. The molecule has 1 saturated carbocycles. The van der Waals surface area contributed by atoms with Crippen LogP contribution in [0.2, 0.25) is 0 Å². The fourth-order valence-electron chi connectivity index (χ4n) is 3.39. The van der Waals surface area contributed by atoms with Crippen molar-refractivity contribution >= 4 is 35.8 Å². The van der Waals surface area contributed by atoms with E-state index in [-0.39, 0.29) is 29.9 Å². The van der Waals surface area contributed by atoms with Gasteiger partial charge >= 0.3 is 0 Å². The first-order valence-corrected chi connectivity index (χ1v) is 9.48. The standard InChI is InChI=1S/C20H32N4O.HI/c1-4-22-20(24-18-10-5-7-15(2)13-18)23-12-11-16-8-6-9-17(14-16)19(25)21-3;/h6,8-9,14-15,18H,4-5,7,10-13H2,1-3H3,(H,21,25)(H2,22,23,24);1H. The Hall–Kier alpha value is -1.31. The number of nitrogens with zero attached hydrogens (tertiary/aromatic N) is 1. The summed E-state index contributed by atoms with van der Waals surface area (Å²) in [5.41, 5.74) is 1.83. The summed E-state index contributed by atoms with van der Waals surface area (Å²) in [6.45, 7) is 5.99. The van der Waals surface area contributed by atoms with Gasteiger partial charge in [0.2, 0.25) is 0 Å². The Bertz CT molecular complexity index is 591. The summed E-state index contributed by atoms with van der Waals surface area (Å²) in [6.07, 6.45) is 5.90. The number of rotatable bonds is 6. The molecule has 1 aliphatic carbocycles. The van der Waals surface area contributed by atoms with Crippen LogP contribution in [0.15, 0.2) is 29.3 Å². The highest BCUT2D eigenvalue weighted by molar-refractivity contribution is 14.0. The molecular weight excluding hydrogens is 439 g/mol. The van der Waals surface area contributed by atoms with Crippen molar-refractivity contribution in [3.05, 3.63) is 35.4 Å². The first kappa shape index (κ1) is 22.7. The molecule has 0 bridgehead atoms. The molecule has 0 heterocycles. The lowest BCUT2D eigenvalue weighted by atomic mass is 9.87. The van der Waals surface area contributed by atoms with Gasteiger partial charge in [-0.3, -0.25) is 9.79 Å². The number of amides is 1. The average Bonchev–Trinajstić information content (AvgIpc) is 2.61. The van der Waals surface area contributed by atoms with E-state index in [1.807, 2.05) is 24.3 Å². The fraction of sp³-hybridized carbons (Fsp3) is 0.600. The van der Waals surface area contributed by atoms with Gasteiger partial charge in [0.25, 0.3) is 5.91 Å². The first-order valence-electron chi connectivity index (χ1n) is 9.48. The average molecular weight is 472 g/mol. The van der Waals surface area contributed by atoms with Gasteiger partial charge in [0, 0.05) is 31.7 Å². The van der Waals surface area contributed by atoms with Gasteiger partial charge < -0.3 is 16.0 Å². The second kappa shape index (κ2) is 12.1. The zero-order valence-electron chi connectivity index (χ0n) is 16.2. The molecular formula is C20H33IN4O. The number of carbonyl (C=O) groups is 1. The Morgan fingerprint density at radius 2 is 2.12 bits per heavy atom. The van der Waals surface area contributed by atoms with E-state index in [2.05, 4.69) is 29.8 Å². The molecule has 26 heavy (non-hydrogen) atoms. The smallest absolute Gasteiger partial charge is 0.251 e. The molecule has 0 aromatic heterocycles. The van der Waals surface area contributed by atoms with Crippen molar-refractivity contribution in [3.63, 3.8) is 0 Å². The van der Waals surface area contributed by atoms with Crippen molar-refractivity contribution in [2.75, 3.05) is 20.1 Å². The predicted molar refractivity (Wildman–Crippen MR) is 119 cm³/mol. The topological polar surface area (TPSA) is 65.5 Å². The lowest BCUT2D eigenvalue weighted by Crippen LogP contribution is -2.45. The van der Waals surface area contributed by atoms with Gasteiger partial charge in [-0.2, -0.15) is 0 Å². The van der Waals surface area contributed by atoms with Gasteiger partial charge in [-0.25, -0.2) is 0 Å². The van der Waals surface area contributed by atoms with Gasteiger partial charge in [-0.1, -0.05) is 31.9 Å². The number of aliphatic imine (C=N–C) groups is 1. The Morgan fingerprint density at radius 3 is 2.81 bits per heavy atom. The summed E-state index contributed by atoms with van der Waals surface area (Å²) < 4.78 is 0. The minimum Gasteiger partial charge on any atom is -0.357 e. The molecule has 5 nitrogen and oxygen atoms in total. The molecule has 2 rings (SSSR count). The van der Waals surface area contributed by atoms with Crippen LogP contribution >= 0.6 is 24.0 Å². The van der Waals surface area contributed by atoms with E-state index in [0.717, 1.165) is 30.4 Å². The van der Waals surface area contributed by atoms with Crippen LogP contribution in [0.5, 0.6) is 0 Å². The number of hydrogen-bond acceptors (Lipinski definition) is 2. The van der Waals surface area contributed by atoms with Crippen molar-refractivity contribution in [2.24, 2.45) is 10.9 Å². The molecule has 0 aliphatic heterocycles. The van der Waals surface area contributed by atoms with Crippen molar-refractivity contribution in [1.29, 1.82) is 0 Å². The van der Waals surface area contributed by atoms with Gasteiger partial charge in [0.05, 0.1) is 0 Å². The third-order valence-corrected chi connectivity index (χ3v) is 4.71. The molecule has 3 N–H and O–H groups in total. The van der Waals surface area contributed by atoms with Crippen LogP contribution in [0.1, 0.15) is 55.5 Å². The van der Waals surface area contributed by atoms with Gasteiger partial charge in [0.1, 0.15) is 0 Å². The van der Waals surface area contributed by atoms with E-state index in [1.54, 1.807) is 7.05 Å². The molecule has 6 heteroatoms. The lowest BCUT2D eigenvalue weighted by Gasteiger charge is -2.28. The Balaban J connectivity index is 0.00000338. The minimum absolute atomic E-state index is 0. The fourth-order valence-corrected chi connectivity index (χ4v) is 3.39. The predicted octanol–water partition coefficient (Wildman–Crippen LogP) is 3.34. The van der Waals surface area contributed by atoms with E-state index in [4.69, 9.17) is 4.99 Å². The highest BCUT2D eigenvalue weighted by Crippen LogP contribution is 2.23. The summed E-state index contributed by atoms with van der Waals surface area (Å²) in [7, 11) is 1.65. The van der Waals surface area contributed by atoms with Crippen molar-refractivity contribution in [1.82, 2.24) is 16.0 Å². The number of halogens is 1. The highest BCUT2D eigenvalue weighted by Gasteiger charge is 2.19. The van der Waals surface area contributed by atoms with Gasteiger partial charge in [-0.05, 0) is 49.8 Å². The van der Waals surface area contributed by atoms with E-state index in [1.165, 1.54) is 25.7 Å². The number of benzene rings is 1. The molecule has 1 aromatic rings. The van der Waals surface area contributed by atoms with Crippen LogP contribution in [0.4, 0.5) is 0 Å². The zero-order valence-corrected chi connectivity index (χ0v) is 18.5. The quantitative estimate of drug-likeness (QED) is 0.338. The van der Waals surface area contributed by atoms with Gasteiger partial charge in [0.15, 0.2) is 5.96 Å². The van der Waals surface area contributed by atoms with Crippen LogP contribution < -0.4 is 16.0 Å². The maximum Gasteiger partial charge on any atom is 0.251 e. The Kier molecular flexibility index (Phi) is 10.6. The monoisotopic (exact) mass is 472 g/mol. The number of guanidine groups is 1. The normalized spacial score (nSPS) is 20.0. The molecule has 2 atom stereocenters. The first-order chi connectivity index (χ1) is 12.1. The summed E-state index contributed by atoms with van der Waals surface area (Å²) in [6, 6.07) is 8.28. The van der Waals surface area contributed by atoms with Crippen LogP contribution in [-0.2, 0) is 6.42 Å². The van der Waals surface area contributed by atoms with Gasteiger partial charge in [-0.15, -0.1) is 24.0 Å². The molecule has 1 aromatic carbocycles. The summed E-state index contributed by atoms with van der Waals surface area (Å²) in [5.74, 6) is 1.65. The minimum atomic E-state index is -0.0493. The van der Waals surface area contributed by atoms with Crippen LogP contribution in [-0.4, -0.2) is 38.0 Å². The number of carbonyl (C=O) groups excluding carboxylic acids is 1. The molecule has 1 aliphatic rings. The van der Waals surface area contributed by atoms with E-state index < -0.39 is 0 Å². The molecule has 0 spiro atoms. The second-order valence-electron chi connectivity index (χ2n) is 6.90. The molecule has 2 unspecified atom stereocenters. The molecule has 146 valence electrons. The zero-order chi connectivity index (χ0) is 18.1. The SMILES string of the molecule is CCNC(=NCCc1cccc(C(=O)NC)c1)NC1CCCC(C)C1.I. The van der Waals surface area contributed by atoms with Crippen molar-refractivity contribution < 1.29 is 4.79 Å². The maximum absolute atomic E-state index is 11.7. The third kappa shape index (κ3) is 7.51. The lowest BCUT2D eigenvalue weighted by molar-refractivity contribution is 0.0963. The second-order valence-corrected chi connectivity index (χ2v) is 6.90. The summed E-state index contributed by atoms with van der Waals surface area (Å²) in [4.78, 5) is 16.4. The Morgan fingerprint density at radius 1 is 1.31 bits per heavy atom.